The summed E-state index contributed by atoms with van der Waals surface area (Å²) in [6.07, 6.45) is 5.18. The van der Waals surface area contributed by atoms with Gasteiger partial charge in [0, 0.05) is 28.2 Å². The molecule has 0 N–H and O–H groups in total. The summed E-state index contributed by atoms with van der Waals surface area (Å²) in [5, 5.41) is 0. The molecule has 2 nitrogen and oxygen atoms in total. The zero-order chi connectivity index (χ0) is 11.7. The molecule has 0 unspecified atom stereocenters. The van der Waals surface area contributed by atoms with Gasteiger partial charge in [0.05, 0.1) is 11.4 Å². The highest BCUT2D eigenvalue weighted by molar-refractivity contribution is 5.76. The van der Waals surface area contributed by atoms with Crippen molar-refractivity contribution in [2.45, 2.75) is 25.7 Å². The summed E-state index contributed by atoms with van der Waals surface area (Å²) in [6, 6.07) is 4.58. The lowest BCUT2D eigenvalue weighted by atomic mass is 9.89. The van der Waals surface area contributed by atoms with Crippen molar-refractivity contribution < 1.29 is 0 Å². The highest BCUT2D eigenvalue weighted by Gasteiger charge is 2.18. The molecule has 16 heavy (non-hydrogen) atoms. The number of nitrogens with zero attached hydrogens (tertiary/aromatic N) is 2. The Morgan fingerprint density at radius 1 is 0.875 bits per heavy atom. The van der Waals surface area contributed by atoms with Crippen LogP contribution in [0.3, 0.4) is 0 Å². The normalized spacial score (nSPS) is 14.5. The molecule has 88 valence electrons. The molecule has 0 aromatic heterocycles. The summed E-state index contributed by atoms with van der Waals surface area (Å²) in [6.45, 7) is 0. The lowest BCUT2D eigenvalue weighted by Gasteiger charge is -2.29. The molecule has 0 bridgehead atoms. The van der Waals surface area contributed by atoms with E-state index in [0.29, 0.717) is 0 Å². The maximum atomic E-state index is 2.32. The average molecular weight is 218 g/mol. The number of benzene rings is 1. The fraction of sp³-hybridized carbons (Fsp3) is 0.571. The van der Waals surface area contributed by atoms with E-state index in [1.807, 2.05) is 0 Å². The van der Waals surface area contributed by atoms with Crippen LogP contribution >= 0.6 is 0 Å². The molecule has 0 aliphatic heterocycles. The molecule has 2 rings (SSSR count). The monoisotopic (exact) mass is 218 g/mol. The number of rotatable bonds is 2. The van der Waals surface area contributed by atoms with Crippen LogP contribution in [0.2, 0.25) is 0 Å². The van der Waals surface area contributed by atoms with Crippen LogP contribution in [0.5, 0.6) is 0 Å². The van der Waals surface area contributed by atoms with Crippen molar-refractivity contribution in [1.29, 1.82) is 0 Å². The van der Waals surface area contributed by atoms with E-state index in [4.69, 9.17) is 0 Å². The Bertz CT molecular complexity index is 381. The second-order valence-corrected chi connectivity index (χ2v) is 5.07. The van der Waals surface area contributed by atoms with Crippen molar-refractivity contribution in [2.75, 3.05) is 38.0 Å². The van der Waals surface area contributed by atoms with Crippen molar-refractivity contribution in [3.8, 4) is 0 Å². The largest absolute Gasteiger partial charge is 0.376 e. The Kier molecular flexibility index (Phi) is 3.08. The summed E-state index contributed by atoms with van der Waals surface area (Å²) in [7, 11) is 8.55. The molecular formula is C14H22N2. The van der Waals surface area contributed by atoms with Gasteiger partial charge >= 0.3 is 0 Å². The van der Waals surface area contributed by atoms with E-state index in [9.17, 15) is 0 Å². The highest BCUT2D eigenvalue weighted by Crippen LogP contribution is 2.36. The van der Waals surface area contributed by atoms with Crippen molar-refractivity contribution in [1.82, 2.24) is 0 Å². The second kappa shape index (κ2) is 4.36. The molecule has 1 aliphatic carbocycles. The van der Waals surface area contributed by atoms with Crippen LogP contribution in [0.15, 0.2) is 12.1 Å². The van der Waals surface area contributed by atoms with E-state index < -0.39 is 0 Å². The Balaban J connectivity index is 2.57. The summed E-state index contributed by atoms with van der Waals surface area (Å²) < 4.78 is 0. The summed E-state index contributed by atoms with van der Waals surface area (Å²) in [4.78, 5) is 4.48. The number of hydrogen-bond acceptors (Lipinski definition) is 2. The number of fused-ring (bicyclic) bond motifs is 1. The molecular weight excluding hydrogens is 196 g/mol. The van der Waals surface area contributed by atoms with E-state index >= 15 is 0 Å². The Morgan fingerprint density at radius 2 is 1.56 bits per heavy atom. The fourth-order valence-electron chi connectivity index (χ4n) is 2.66. The molecule has 1 aliphatic rings. The van der Waals surface area contributed by atoms with E-state index in [1.165, 1.54) is 37.1 Å². The minimum atomic E-state index is 1.24. The van der Waals surface area contributed by atoms with Crippen LogP contribution in [0.4, 0.5) is 11.4 Å². The first kappa shape index (κ1) is 11.3. The highest BCUT2D eigenvalue weighted by atomic mass is 15.1. The number of anilines is 2. The van der Waals surface area contributed by atoms with E-state index in [0.717, 1.165) is 0 Å². The molecule has 0 saturated heterocycles. The molecule has 1 aromatic rings. The van der Waals surface area contributed by atoms with Crippen LogP contribution in [-0.2, 0) is 12.8 Å². The molecule has 0 spiro atoms. The third-order valence-electron chi connectivity index (χ3n) is 3.41. The number of aryl methyl sites for hydroxylation is 1. The van der Waals surface area contributed by atoms with Crippen molar-refractivity contribution in [2.24, 2.45) is 0 Å². The topological polar surface area (TPSA) is 6.48 Å². The van der Waals surface area contributed by atoms with Gasteiger partial charge in [0.25, 0.3) is 0 Å². The van der Waals surface area contributed by atoms with Gasteiger partial charge in [-0.25, -0.2) is 0 Å². The van der Waals surface area contributed by atoms with Crippen LogP contribution in [-0.4, -0.2) is 28.2 Å². The molecule has 0 atom stereocenters. The molecule has 0 amide bonds. The van der Waals surface area contributed by atoms with Gasteiger partial charge in [-0.15, -0.1) is 0 Å². The summed E-state index contributed by atoms with van der Waals surface area (Å²) in [5.41, 5.74) is 5.89. The van der Waals surface area contributed by atoms with Gasteiger partial charge in [-0.1, -0.05) is 6.07 Å². The molecule has 1 aromatic carbocycles. The lowest BCUT2D eigenvalue weighted by Crippen LogP contribution is -2.20. The first-order valence-electron chi connectivity index (χ1n) is 6.10. The average Bonchev–Trinajstić information content (AvgIpc) is 2.27. The fourth-order valence-corrected chi connectivity index (χ4v) is 2.66. The summed E-state index contributed by atoms with van der Waals surface area (Å²) >= 11 is 0. The molecule has 0 radical (unpaired) electrons. The van der Waals surface area contributed by atoms with Gasteiger partial charge in [-0.3, -0.25) is 0 Å². The van der Waals surface area contributed by atoms with Crippen LogP contribution in [0.25, 0.3) is 0 Å². The van der Waals surface area contributed by atoms with Crippen LogP contribution in [0, 0.1) is 0 Å². The van der Waals surface area contributed by atoms with Gasteiger partial charge < -0.3 is 9.80 Å². The quantitative estimate of drug-likeness (QED) is 0.753. The standard InChI is InChI=1S/C14H22N2/c1-15(2)13-10-9-11-7-5-6-8-12(11)14(13)16(3)4/h9-10H,5-8H2,1-4H3. The first-order chi connectivity index (χ1) is 7.61. The van der Waals surface area contributed by atoms with E-state index in [2.05, 4.69) is 50.1 Å². The summed E-state index contributed by atoms with van der Waals surface area (Å²) in [5.74, 6) is 0. The van der Waals surface area contributed by atoms with Crippen molar-refractivity contribution >= 4 is 11.4 Å². The third kappa shape index (κ3) is 1.89. The molecule has 0 fully saturated rings. The number of hydrogen-bond donors (Lipinski definition) is 0. The SMILES string of the molecule is CN(C)c1ccc2c(c1N(C)C)CCCC2. The molecule has 0 saturated carbocycles. The minimum Gasteiger partial charge on any atom is -0.376 e. The molecule has 0 heterocycles. The predicted molar refractivity (Wildman–Crippen MR) is 71.7 cm³/mol. The van der Waals surface area contributed by atoms with Gasteiger partial charge in [0.15, 0.2) is 0 Å². The van der Waals surface area contributed by atoms with E-state index in [1.54, 1.807) is 11.1 Å². The zero-order valence-corrected chi connectivity index (χ0v) is 10.9. The Hall–Kier alpha value is -1.18. The Labute approximate surface area is 98.9 Å². The lowest BCUT2D eigenvalue weighted by molar-refractivity contribution is 0.684. The van der Waals surface area contributed by atoms with Gasteiger partial charge in [0.2, 0.25) is 0 Å². The zero-order valence-electron chi connectivity index (χ0n) is 10.9. The van der Waals surface area contributed by atoms with Crippen LogP contribution < -0.4 is 9.80 Å². The van der Waals surface area contributed by atoms with Gasteiger partial charge in [-0.05, 0) is 42.9 Å². The molecule has 2 heteroatoms. The minimum absolute atomic E-state index is 1.24. The van der Waals surface area contributed by atoms with E-state index in [-0.39, 0.29) is 0 Å². The second-order valence-electron chi connectivity index (χ2n) is 5.07. The smallest absolute Gasteiger partial charge is 0.0634 e. The van der Waals surface area contributed by atoms with Crippen molar-refractivity contribution in [3.63, 3.8) is 0 Å². The third-order valence-corrected chi connectivity index (χ3v) is 3.41. The van der Waals surface area contributed by atoms with Crippen LogP contribution in [0.1, 0.15) is 24.0 Å². The maximum absolute atomic E-state index is 2.32. The maximum Gasteiger partial charge on any atom is 0.0634 e. The van der Waals surface area contributed by atoms with Gasteiger partial charge in [-0.2, -0.15) is 0 Å². The Morgan fingerprint density at radius 3 is 2.19 bits per heavy atom. The first-order valence-corrected chi connectivity index (χ1v) is 6.10. The van der Waals surface area contributed by atoms with Crippen molar-refractivity contribution in [3.05, 3.63) is 23.3 Å². The van der Waals surface area contributed by atoms with Gasteiger partial charge in [0.1, 0.15) is 0 Å². The predicted octanol–water partition coefficient (Wildman–Crippen LogP) is 2.70.